The predicted molar refractivity (Wildman–Crippen MR) is 181 cm³/mol. The second-order valence-corrected chi connectivity index (χ2v) is 12.6. The van der Waals surface area contributed by atoms with Gasteiger partial charge in [-0.2, -0.15) is 0 Å². The third-order valence-corrected chi connectivity index (χ3v) is 8.29. The Hall–Kier alpha value is -2.12. The van der Waals surface area contributed by atoms with Gasteiger partial charge in [0.1, 0.15) is 36.9 Å². The number of hydrogen-bond acceptors (Lipinski definition) is 6. The van der Waals surface area contributed by atoms with E-state index in [1.165, 1.54) is 11.1 Å². The fourth-order valence-corrected chi connectivity index (χ4v) is 5.30. The van der Waals surface area contributed by atoms with E-state index < -0.39 is 12.2 Å². The summed E-state index contributed by atoms with van der Waals surface area (Å²) in [7, 11) is 0. The van der Waals surface area contributed by atoms with E-state index in [0.717, 1.165) is 89.0 Å². The number of aliphatic hydroxyl groups is 2. The molecule has 0 aliphatic rings. The zero-order valence-corrected chi connectivity index (χ0v) is 28.2. The zero-order valence-electron chi connectivity index (χ0n) is 28.2. The van der Waals surface area contributed by atoms with Gasteiger partial charge in [-0.15, -0.1) is 0 Å². The molecule has 43 heavy (non-hydrogen) atoms. The highest BCUT2D eigenvalue weighted by molar-refractivity contribution is 5.41. The first-order valence-corrected chi connectivity index (χ1v) is 17.0. The quantitative estimate of drug-likeness (QED) is 0.132. The maximum Gasteiger partial charge on any atom is 0.119 e. The number of unbranched alkanes of at least 4 members (excludes halogenated alkanes) is 4. The van der Waals surface area contributed by atoms with Crippen molar-refractivity contribution >= 4 is 0 Å². The van der Waals surface area contributed by atoms with Crippen LogP contribution in [0.2, 0.25) is 0 Å². The molecule has 2 N–H and O–H groups in total. The summed E-state index contributed by atoms with van der Waals surface area (Å²) in [5.74, 6) is 1.55. The predicted octanol–water partition coefficient (Wildman–Crippen LogP) is 7.30. The Bertz CT molecular complexity index is 870. The summed E-state index contributed by atoms with van der Waals surface area (Å²) in [6.07, 6.45) is 8.27. The molecule has 0 aliphatic carbocycles. The van der Waals surface area contributed by atoms with E-state index in [9.17, 15) is 10.2 Å². The van der Waals surface area contributed by atoms with Gasteiger partial charge in [0.25, 0.3) is 0 Å². The average molecular weight is 599 g/mol. The van der Waals surface area contributed by atoms with Crippen LogP contribution in [0.15, 0.2) is 48.5 Å². The minimum atomic E-state index is -0.507. The molecule has 6 nitrogen and oxygen atoms in total. The van der Waals surface area contributed by atoms with Gasteiger partial charge in [0.05, 0.1) is 0 Å². The zero-order chi connectivity index (χ0) is 31.5. The number of benzene rings is 2. The molecule has 0 aliphatic heterocycles. The topological polar surface area (TPSA) is 65.4 Å². The Morgan fingerprint density at radius 3 is 1.14 bits per heavy atom. The normalized spacial score (nSPS) is 13.4. The molecule has 0 amide bonds. The van der Waals surface area contributed by atoms with Gasteiger partial charge in [0.15, 0.2) is 0 Å². The molecule has 0 fully saturated rings. The number of hydrogen-bond donors (Lipinski definition) is 2. The second kappa shape index (κ2) is 20.8. The van der Waals surface area contributed by atoms with Crippen molar-refractivity contribution in [2.45, 2.75) is 111 Å². The summed E-state index contributed by atoms with van der Waals surface area (Å²) in [6.45, 7) is 19.3. The van der Waals surface area contributed by atoms with Gasteiger partial charge in [-0.25, -0.2) is 0 Å². The molecule has 2 aromatic rings. The minimum Gasteiger partial charge on any atom is -0.491 e. The van der Waals surface area contributed by atoms with E-state index in [2.05, 4.69) is 75.6 Å². The molecule has 0 radical (unpaired) electrons. The van der Waals surface area contributed by atoms with E-state index in [1.807, 2.05) is 24.3 Å². The molecule has 2 atom stereocenters. The maximum absolute atomic E-state index is 10.6. The van der Waals surface area contributed by atoms with Crippen molar-refractivity contribution in [1.29, 1.82) is 0 Å². The lowest BCUT2D eigenvalue weighted by Crippen LogP contribution is -2.37. The first kappa shape index (κ1) is 37.1. The summed E-state index contributed by atoms with van der Waals surface area (Å²) in [5.41, 5.74) is 2.18. The molecule has 0 saturated heterocycles. The molecule has 2 aromatic carbocycles. The molecule has 2 rings (SSSR count). The Kier molecular flexibility index (Phi) is 17.9. The van der Waals surface area contributed by atoms with Crippen LogP contribution in [0, 0.1) is 0 Å². The highest BCUT2D eigenvalue weighted by Gasteiger charge is 2.23. The molecule has 0 bridgehead atoms. The number of rotatable bonds is 24. The van der Waals surface area contributed by atoms with Gasteiger partial charge in [0, 0.05) is 18.5 Å². The van der Waals surface area contributed by atoms with Crippen molar-refractivity contribution < 1.29 is 19.7 Å². The first-order chi connectivity index (χ1) is 20.7. The van der Waals surface area contributed by atoms with E-state index in [-0.39, 0.29) is 5.41 Å². The third-order valence-electron chi connectivity index (χ3n) is 8.29. The fraction of sp³-hybridized carbons (Fsp3) is 0.676. The molecule has 0 saturated carbocycles. The van der Waals surface area contributed by atoms with Gasteiger partial charge >= 0.3 is 0 Å². The van der Waals surface area contributed by atoms with Crippen LogP contribution in [0.25, 0.3) is 0 Å². The third kappa shape index (κ3) is 14.0. The van der Waals surface area contributed by atoms with Crippen LogP contribution < -0.4 is 9.47 Å². The van der Waals surface area contributed by atoms with Crippen molar-refractivity contribution in [1.82, 2.24) is 9.80 Å². The van der Waals surface area contributed by atoms with Crippen molar-refractivity contribution in [3.8, 4) is 11.5 Å². The molecule has 0 spiro atoms. The smallest absolute Gasteiger partial charge is 0.119 e. The summed E-state index contributed by atoms with van der Waals surface area (Å²) in [4.78, 5) is 4.73. The van der Waals surface area contributed by atoms with Crippen molar-refractivity contribution in [3.05, 3.63) is 59.7 Å². The SMILES string of the molecule is CCCCN(CCCC)CC(O)COc1ccc(C(C)(C)c2ccc(OCC(O)CN(CCCC)CCCC)cc2)cc1. The van der Waals surface area contributed by atoms with Crippen molar-refractivity contribution in [3.63, 3.8) is 0 Å². The largest absolute Gasteiger partial charge is 0.491 e. The molecule has 0 aromatic heterocycles. The fourth-order valence-electron chi connectivity index (χ4n) is 5.30. The van der Waals surface area contributed by atoms with Gasteiger partial charge in [-0.1, -0.05) is 91.5 Å². The summed E-state index contributed by atoms with van der Waals surface area (Å²) < 4.78 is 11.9. The van der Waals surface area contributed by atoms with Crippen LogP contribution in [-0.2, 0) is 5.41 Å². The average Bonchev–Trinajstić information content (AvgIpc) is 3.02. The van der Waals surface area contributed by atoms with Crippen molar-refractivity contribution in [2.24, 2.45) is 0 Å². The highest BCUT2D eigenvalue weighted by atomic mass is 16.5. The van der Waals surface area contributed by atoms with E-state index >= 15 is 0 Å². The Labute approximate surface area is 263 Å². The Balaban J connectivity index is 1.88. The standard InChI is InChI=1S/C37H62N2O4/c1-7-11-23-38(24-12-8-2)27-33(40)29-42-35-19-15-31(16-20-35)37(5,6)32-17-21-36(22-18-32)43-30-34(41)28-39(25-13-9-3)26-14-10-4/h15-22,33-34,40-41H,7-14,23-30H2,1-6H3. The van der Waals surface area contributed by atoms with Crippen LogP contribution in [0.3, 0.4) is 0 Å². The van der Waals surface area contributed by atoms with Crippen LogP contribution in [-0.4, -0.2) is 84.7 Å². The Morgan fingerprint density at radius 2 is 0.860 bits per heavy atom. The summed E-state index contributed by atoms with van der Waals surface area (Å²) >= 11 is 0. The van der Waals surface area contributed by atoms with Gasteiger partial charge in [0.2, 0.25) is 0 Å². The van der Waals surface area contributed by atoms with Crippen LogP contribution >= 0.6 is 0 Å². The summed E-state index contributed by atoms with van der Waals surface area (Å²) in [5, 5.41) is 21.2. The van der Waals surface area contributed by atoms with Gasteiger partial charge in [-0.05, 0) is 87.3 Å². The first-order valence-electron chi connectivity index (χ1n) is 17.0. The molecular formula is C37H62N2O4. The molecule has 0 heterocycles. The van der Waals surface area contributed by atoms with Crippen LogP contribution in [0.1, 0.15) is 104 Å². The van der Waals surface area contributed by atoms with Gasteiger partial charge in [-0.3, -0.25) is 0 Å². The molecule has 244 valence electrons. The van der Waals surface area contributed by atoms with Crippen LogP contribution in [0.5, 0.6) is 11.5 Å². The lowest BCUT2D eigenvalue weighted by atomic mass is 9.78. The van der Waals surface area contributed by atoms with Crippen LogP contribution in [0.4, 0.5) is 0 Å². The van der Waals surface area contributed by atoms with E-state index in [4.69, 9.17) is 9.47 Å². The lowest BCUT2D eigenvalue weighted by molar-refractivity contribution is 0.0671. The highest BCUT2D eigenvalue weighted by Crippen LogP contribution is 2.33. The molecule has 6 heteroatoms. The van der Waals surface area contributed by atoms with E-state index in [1.54, 1.807) is 0 Å². The monoisotopic (exact) mass is 598 g/mol. The number of nitrogens with zero attached hydrogens (tertiary/aromatic N) is 2. The second-order valence-electron chi connectivity index (χ2n) is 12.6. The lowest BCUT2D eigenvalue weighted by Gasteiger charge is -2.27. The summed E-state index contributed by atoms with van der Waals surface area (Å²) in [6, 6.07) is 16.4. The maximum atomic E-state index is 10.6. The number of ether oxygens (including phenoxy) is 2. The Morgan fingerprint density at radius 1 is 0.558 bits per heavy atom. The minimum absolute atomic E-state index is 0.200. The molecular weight excluding hydrogens is 536 g/mol. The van der Waals surface area contributed by atoms with Gasteiger partial charge < -0.3 is 29.5 Å². The van der Waals surface area contributed by atoms with E-state index in [0.29, 0.717) is 26.3 Å². The van der Waals surface area contributed by atoms with Crippen molar-refractivity contribution in [2.75, 3.05) is 52.5 Å². The number of aliphatic hydroxyl groups excluding tert-OH is 2. The molecule has 2 unspecified atom stereocenters.